The lowest BCUT2D eigenvalue weighted by Crippen LogP contribution is -2.27. The monoisotopic (exact) mass is 392 g/mol. The molecule has 0 atom stereocenters. The molecule has 0 bridgehead atoms. The molecule has 4 nitrogen and oxygen atoms in total. The minimum absolute atomic E-state index is 0.135. The summed E-state index contributed by atoms with van der Waals surface area (Å²) in [6.45, 7) is 0.827. The number of benzene rings is 3. The summed E-state index contributed by atoms with van der Waals surface area (Å²) in [6, 6.07) is 23.9. The first-order chi connectivity index (χ1) is 13.5. The number of hydrogen-bond acceptors (Lipinski definition) is 2. The van der Waals surface area contributed by atoms with Gasteiger partial charge in [-0.25, -0.2) is 0 Å². The highest BCUT2D eigenvalue weighted by Gasteiger charge is 2.14. The molecule has 0 aliphatic carbocycles. The molecule has 0 saturated carbocycles. The molecule has 2 amide bonds. The second kappa shape index (κ2) is 9.20. The zero-order valence-corrected chi connectivity index (χ0v) is 16.3. The predicted octanol–water partition coefficient (Wildman–Crippen LogP) is 4.54. The van der Waals surface area contributed by atoms with Crippen LogP contribution >= 0.6 is 11.6 Å². The highest BCUT2D eigenvalue weighted by Crippen LogP contribution is 2.15. The number of amides is 2. The van der Waals surface area contributed by atoms with Crippen LogP contribution in [0.5, 0.6) is 0 Å². The van der Waals surface area contributed by atoms with Gasteiger partial charge in [0, 0.05) is 36.3 Å². The van der Waals surface area contributed by atoms with E-state index in [0.29, 0.717) is 29.2 Å². The molecule has 0 spiro atoms. The van der Waals surface area contributed by atoms with Gasteiger partial charge in [0.1, 0.15) is 0 Å². The Morgan fingerprint density at radius 2 is 1.57 bits per heavy atom. The first-order valence-corrected chi connectivity index (χ1v) is 9.33. The summed E-state index contributed by atoms with van der Waals surface area (Å²) >= 11 is 6.12. The lowest BCUT2D eigenvalue weighted by molar-refractivity contribution is 0.0785. The van der Waals surface area contributed by atoms with Crippen LogP contribution in [0.25, 0.3) is 0 Å². The van der Waals surface area contributed by atoms with E-state index in [1.807, 2.05) is 48.5 Å². The van der Waals surface area contributed by atoms with Gasteiger partial charge in [-0.2, -0.15) is 0 Å². The second-order valence-corrected chi connectivity index (χ2v) is 6.91. The summed E-state index contributed by atoms with van der Waals surface area (Å²) in [6.07, 6.45) is 0. The van der Waals surface area contributed by atoms with Gasteiger partial charge in [-0.1, -0.05) is 66.2 Å². The molecular formula is C23H21ClN2O2. The Balaban J connectivity index is 1.66. The van der Waals surface area contributed by atoms with Crippen LogP contribution in [-0.2, 0) is 13.1 Å². The molecule has 5 heteroatoms. The molecule has 28 heavy (non-hydrogen) atoms. The maximum Gasteiger partial charge on any atom is 0.253 e. The van der Waals surface area contributed by atoms with E-state index in [1.54, 1.807) is 42.3 Å². The molecule has 3 aromatic carbocycles. The van der Waals surface area contributed by atoms with Gasteiger partial charge in [0.25, 0.3) is 11.8 Å². The molecule has 0 aromatic heterocycles. The van der Waals surface area contributed by atoms with Crippen LogP contribution in [-0.4, -0.2) is 23.8 Å². The summed E-state index contributed by atoms with van der Waals surface area (Å²) in [7, 11) is 1.75. The largest absolute Gasteiger partial charge is 0.348 e. The van der Waals surface area contributed by atoms with Crippen LogP contribution in [0.3, 0.4) is 0 Å². The number of hydrogen-bond donors (Lipinski definition) is 1. The van der Waals surface area contributed by atoms with Crippen molar-refractivity contribution < 1.29 is 9.59 Å². The number of nitrogens with one attached hydrogen (secondary N) is 1. The van der Waals surface area contributed by atoms with Crippen LogP contribution in [0.1, 0.15) is 31.8 Å². The predicted molar refractivity (Wildman–Crippen MR) is 111 cm³/mol. The Kier molecular flexibility index (Phi) is 6.45. The first-order valence-electron chi connectivity index (χ1n) is 8.95. The van der Waals surface area contributed by atoms with Crippen LogP contribution in [0.15, 0.2) is 78.9 Å². The average molecular weight is 393 g/mol. The van der Waals surface area contributed by atoms with Crippen LogP contribution in [0.4, 0.5) is 0 Å². The van der Waals surface area contributed by atoms with Gasteiger partial charge >= 0.3 is 0 Å². The van der Waals surface area contributed by atoms with Gasteiger partial charge in [0.05, 0.1) is 0 Å². The Labute approximate surface area is 169 Å². The molecule has 0 saturated heterocycles. The van der Waals surface area contributed by atoms with Gasteiger partial charge in [0.15, 0.2) is 0 Å². The van der Waals surface area contributed by atoms with E-state index in [1.165, 1.54) is 0 Å². The normalized spacial score (nSPS) is 10.4. The highest BCUT2D eigenvalue weighted by molar-refractivity contribution is 6.31. The van der Waals surface area contributed by atoms with Crippen molar-refractivity contribution in [1.29, 1.82) is 0 Å². The fraction of sp³-hybridized carbons (Fsp3) is 0.130. The average Bonchev–Trinajstić information content (AvgIpc) is 2.73. The lowest BCUT2D eigenvalue weighted by Gasteiger charge is -2.17. The van der Waals surface area contributed by atoms with Crippen molar-refractivity contribution in [2.75, 3.05) is 7.05 Å². The standard InChI is InChI=1S/C23H21ClN2O2/c1-26(16-17-8-3-2-4-9-17)23(28)19-12-7-11-18(14-19)22(27)25-15-20-10-5-6-13-21(20)24/h2-14H,15-16H2,1H3,(H,25,27). The second-order valence-electron chi connectivity index (χ2n) is 6.50. The van der Waals surface area contributed by atoms with E-state index in [0.717, 1.165) is 11.1 Å². The van der Waals surface area contributed by atoms with E-state index in [-0.39, 0.29) is 11.8 Å². The Morgan fingerprint density at radius 1 is 0.893 bits per heavy atom. The third kappa shape index (κ3) is 4.99. The van der Waals surface area contributed by atoms with E-state index in [4.69, 9.17) is 11.6 Å². The number of carbonyl (C=O) groups excluding carboxylic acids is 2. The molecule has 0 aliphatic heterocycles. The van der Waals surface area contributed by atoms with Crippen LogP contribution in [0, 0.1) is 0 Å². The van der Waals surface area contributed by atoms with Gasteiger partial charge in [0.2, 0.25) is 0 Å². The molecular weight excluding hydrogens is 372 g/mol. The molecule has 142 valence electrons. The van der Waals surface area contributed by atoms with Crippen molar-refractivity contribution in [3.8, 4) is 0 Å². The van der Waals surface area contributed by atoms with Crippen LogP contribution in [0.2, 0.25) is 5.02 Å². The molecule has 0 aliphatic rings. The summed E-state index contributed by atoms with van der Waals surface area (Å²) in [4.78, 5) is 26.8. The van der Waals surface area contributed by atoms with Gasteiger partial charge < -0.3 is 10.2 Å². The summed E-state index contributed by atoms with van der Waals surface area (Å²) in [5, 5.41) is 3.45. The lowest BCUT2D eigenvalue weighted by atomic mass is 10.1. The summed E-state index contributed by atoms with van der Waals surface area (Å²) in [5.41, 5.74) is 2.80. The van der Waals surface area contributed by atoms with Crippen molar-refractivity contribution in [1.82, 2.24) is 10.2 Å². The van der Waals surface area contributed by atoms with E-state index in [9.17, 15) is 9.59 Å². The van der Waals surface area contributed by atoms with E-state index in [2.05, 4.69) is 5.32 Å². The smallest absolute Gasteiger partial charge is 0.253 e. The molecule has 3 rings (SSSR count). The fourth-order valence-electron chi connectivity index (χ4n) is 2.86. The van der Waals surface area contributed by atoms with Gasteiger partial charge in [-0.15, -0.1) is 0 Å². The van der Waals surface area contributed by atoms with E-state index < -0.39 is 0 Å². The SMILES string of the molecule is CN(Cc1ccccc1)C(=O)c1cccc(C(=O)NCc2ccccc2Cl)c1. The third-order valence-electron chi connectivity index (χ3n) is 4.38. The Hall–Kier alpha value is -3.11. The van der Waals surface area contributed by atoms with E-state index >= 15 is 0 Å². The Bertz CT molecular complexity index is 973. The number of rotatable bonds is 6. The molecule has 0 heterocycles. The maximum atomic E-state index is 12.7. The minimum atomic E-state index is -0.250. The topological polar surface area (TPSA) is 49.4 Å². The van der Waals surface area contributed by atoms with Crippen molar-refractivity contribution in [2.24, 2.45) is 0 Å². The zero-order valence-electron chi connectivity index (χ0n) is 15.6. The van der Waals surface area contributed by atoms with Crippen molar-refractivity contribution >= 4 is 23.4 Å². The highest BCUT2D eigenvalue weighted by atomic mass is 35.5. The summed E-state index contributed by atoms with van der Waals surface area (Å²) in [5.74, 6) is -0.384. The minimum Gasteiger partial charge on any atom is -0.348 e. The maximum absolute atomic E-state index is 12.7. The van der Waals surface area contributed by atoms with Crippen molar-refractivity contribution in [3.63, 3.8) is 0 Å². The van der Waals surface area contributed by atoms with Crippen molar-refractivity contribution in [2.45, 2.75) is 13.1 Å². The van der Waals surface area contributed by atoms with Gasteiger partial charge in [-0.05, 0) is 35.4 Å². The zero-order chi connectivity index (χ0) is 19.9. The first kappa shape index (κ1) is 19.6. The molecule has 3 aromatic rings. The molecule has 0 unspecified atom stereocenters. The van der Waals surface area contributed by atoms with Crippen molar-refractivity contribution in [3.05, 3.63) is 106 Å². The molecule has 0 radical (unpaired) electrons. The summed E-state index contributed by atoms with van der Waals surface area (Å²) < 4.78 is 0. The Morgan fingerprint density at radius 3 is 2.32 bits per heavy atom. The quantitative estimate of drug-likeness (QED) is 0.669. The molecule has 1 N–H and O–H groups in total. The fourth-order valence-corrected chi connectivity index (χ4v) is 3.06. The number of carbonyl (C=O) groups is 2. The number of nitrogens with zero attached hydrogens (tertiary/aromatic N) is 1. The number of halogens is 1. The van der Waals surface area contributed by atoms with Crippen LogP contribution < -0.4 is 5.32 Å². The third-order valence-corrected chi connectivity index (χ3v) is 4.75. The molecule has 0 fully saturated rings. The van der Waals surface area contributed by atoms with Gasteiger partial charge in [-0.3, -0.25) is 9.59 Å².